The predicted octanol–water partition coefficient (Wildman–Crippen LogP) is 12.4. The number of fused-ring (bicyclic) bond motifs is 3. The van der Waals surface area contributed by atoms with Gasteiger partial charge in [0.2, 0.25) is 0 Å². The Hall–Kier alpha value is -9.44. The molecule has 0 aliphatic heterocycles. The van der Waals surface area contributed by atoms with E-state index in [1.807, 2.05) is 151 Å². The molecule has 0 spiro atoms. The third-order valence-corrected chi connectivity index (χ3v) is 11.6. The Bertz CT molecular complexity index is 3390. The Morgan fingerprint density at radius 1 is 0.425 bits per heavy atom. The zero-order valence-electron chi connectivity index (χ0n) is 41.7. The molecule has 0 fully saturated rings. The number of anilines is 5. The van der Waals surface area contributed by atoms with Gasteiger partial charge in [-0.25, -0.2) is 29.9 Å². The van der Waals surface area contributed by atoms with Crippen molar-refractivity contribution in [1.29, 1.82) is 0 Å². The van der Waals surface area contributed by atoms with E-state index in [0.29, 0.717) is 40.3 Å². The van der Waals surface area contributed by atoms with Gasteiger partial charge in [-0.2, -0.15) is 0 Å². The number of methoxy groups -OCH3 is 6. The molecule has 1 atom stereocenters. The third-order valence-electron chi connectivity index (χ3n) is 11.6. The van der Waals surface area contributed by atoms with Crippen molar-refractivity contribution in [2.45, 2.75) is 13.0 Å². The summed E-state index contributed by atoms with van der Waals surface area (Å²) in [6.07, 6.45) is 4.63. The summed E-state index contributed by atoms with van der Waals surface area (Å²) in [5.74, 6) is 7.70. The van der Waals surface area contributed by atoms with Crippen LogP contribution < -0.4 is 48.7 Å². The Labute approximate surface area is 423 Å². The Balaban J connectivity index is 0.000000148. The zero-order chi connectivity index (χ0) is 51.1. The van der Waals surface area contributed by atoms with E-state index in [4.69, 9.17) is 33.2 Å². The first-order valence-corrected chi connectivity index (χ1v) is 23.0. The molecular formula is C57H55N9O7. The van der Waals surface area contributed by atoms with Crippen LogP contribution in [-0.4, -0.2) is 79.6 Å². The molecule has 16 nitrogen and oxygen atoms in total. The van der Waals surface area contributed by atoms with Crippen LogP contribution in [0, 0.1) is 0 Å². The average molecular weight is 978 g/mol. The lowest BCUT2D eigenvalue weighted by Crippen LogP contribution is -2.11. The Morgan fingerprint density at radius 3 is 1.36 bits per heavy atom. The maximum absolute atomic E-state index is 5.83. The van der Waals surface area contributed by atoms with Gasteiger partial charge in [0, 0.05) is 58.8 Å². The predicted molar refractivity (Wildman–Crippen MR) is 287 cm³/mol. The van der Waals surface area contributed by atoms with Crippen molar-refractivity contribution in [2.24, 2.45) is 0 Å². The molecule has 0 aliphatic carbocycles. The van der Waals surface area contributed by atoms with Gasteiger partial charge in [0.1, 0.15) is 47.9 Å². The van der Waals surface area contributed by atoms with E-state index in [2.05, 4.69) is 59.6 Å². The van der Waals surface area contributed by atoms with E-state index in [9.17, 15) is 0 Å². The molecule has 73 heavy (non-hydrogen) atoms. The van der Waals surface area contributed by atoms with Crippen LogP contribution >= 0.6 is 0 Å². The molecule has 370 valence electrons. The van der Waals surface area contributed by atoms with E-state index in [1.165, 1.54) is 11.9 Å². The number of rotatable bonds is 15. The third kappa shape index (κ3) is 12.0. The second kappa shape index (κ2) is 23.9. The topological polar surface area (TPSA) is 169 Å². The number of aromatic nitrogens is 6. The first kappa shape index (κ1) is 50.0. The van der Waals surface area contributed by atoms with Crippen molar-refractivity contribution in [3.05, 3.63) is 176 Å². The second-order valence-electron chi connectivity index (χ2n) is 16.1. The quantitative estimate of drug-likeness (QED) is 0.0994. The highest BCUT2D eigenvalue weighted by Crippen LogP contribution is 2.38. The molecule has 2 N–H and O–H groups in total. The van der Waals surface area contributed by atoms with Crippen molar-refractivity contribution in [2.75, 3.05) is 65.2 Å². The van der Waals surface area contributed by atoms with Crippen molar-refractivity contribution in [3.8, 4) is 46.0 Å². The molecule has 3 aromatic heterocycles. The van der Waals surface area contributed by atoms with Crippen LogP contribution in [-0.2, 0) is 0 Å². The zero-order valence-corrected chi connectivity index (χ0v) is 41.7. The molecule has 0 saturated heterocycles. The van der Waals surface area contributed by atoms with E-state index >= 15 is 0 Å². The largest absolute Gasteiger partial charge is 0.493 e. The number of hydrogen-bond acceptors (Lipinski definition) is 16. The minimum absolute atomic E-state index is 0.127. The van der Waals surface area contributed by atoms with Gasteiger partial charge < -0.3 is 48.7 Å². The highest BCUT2D eigenvalue weighted by atomic mass is 16.5. The van der Waals surface area contributed by atoms with Crippen molar-refractivity contribution >= 4 is 61.5 Å². The summed E-state index contributed by atoms with van der Waals surface area (Å²) in [5.41, 5.74) is 5.51. The van der Waals surface area contributed by atoms with Gasteiger partial charge in [0.15, 0.2) is 34.5 Å². The summed E-state index contributed by atoms with van der Waals surface area (Å²) in [5, 5.41) is 9.41. The molecule has 7 aromatic carbocycles. The van der Waals surface area contributed by atoms with Gasteiger partial charge in [0.25, 0.3) is 0 Å². The molecule has 1 unspecified atom stereocenters. The molecule has 3 heterocycles. The van der Waals surface area contributed by atoms with Gasteiger partial charge in [-0.1, -0.05) is 66.7 Å². The number of hydrogen-bond donors (Lipinski definition) is 2. The summed E-state index contributed by atoms with van der Waals surface area (Å²) in [6, 6.07) is 49.0. The number of ether oxygens (including phenoxy) is 7. The van der Waals surface area contributed by atoms with Crippen LogP contribution in [0.1, 0.15) is 18.5 Å². The lowest BCUT2D eigenvalue weighted by molar-refractivity contribution is 0.356. The fourth-order valence-electron chi connectivity index (χ4n) is 7.79. The van der Waals surface area contributed by atoms with Crippen molar-refractivity contribution in [1.82, 2.24) is 29.9 Å². The van der Waals surface area contributed by atoms with Gasteiger partial charge in [0.05, 0.1) is 59.2 Å². The van der Waals surface area contributed by atoms with Crippen molar-refractivity contribution < 1.29 is 33.2 Å². The molecule has 0 aliphatic rings. The smallest absolute Gasteiger partial charge is 0.162 e. The maximum Gasteiger partial charge on any atom is 0.162 e. The molecular weight excluding hydrogens is 923 g/mol. The molecule has 10 rings (SSSR count). The van der Waals surface area contributed by atoms with Crippen LogP contribution in [0.15, 0.2) is 171 Å². The molecule has 10 aromatic rings. The highest BCUT2D eigenvalue weighted by Gasteiger charge is 2.16. The first-order chi connectivity index (χ1) is 35.7. The van der Waals surface area contributed by atoms with Crippen LogP contribution in [0.2, 0.25) is 0 Å². The minimum atomic E-state index is 0.127. The summed E-state index contributed by atoms with van der Waals surface area (Å²) in [6.45, 7) is 2.10. The van der Waals surface area contributed by atoms with E-state index < -0.39 is 0 Å². The van der Waals surface area contributed by atoms with Crippen LogP contribution in [0.25, 0.3) is 32.7 Å². The fraction of sp³-hybridized carbons (Fsp3) is 0.158. The van der Waals surface area contributed by atoms with Gasteiger partial charge >= 0.3 is 0 Å². The van der Waals surface area contributed by atoms with Crippen molar-refractivity contribution in [3.63, 3.8) is 0 Å². The standard InChI is InChI=1S/C22H19N3O3.C18H19N3O2.C17H17N3O2/c1-26-20-12-18-19(13-21(20)27-2)23-14-24-22(18)25-15-8-10-17(11-9-15)28-16-6-4-3-5-7-16;1-12(13-7-5-4-6-8-13)21-18-14-9-16(22-2)17(23-3)10-15(14)19-11-20-18;1-20(12-7-5-4-6-8-12)17-13-9-15(21-2)16(22-3)10-14(13)18-11-19-17/h3-14H,1-2H3,(H,23,24,25);4-12H,1-3H3,(H,19,20,21);4-11H,1-3H3. The summed E-state index contributed by atoms with van der Waals surface area (Å²) in [4.78, 5) is 28.2. The Morgan fingerprint density at radius 2 is 0.836 bits per heavy atom. The number of para-hydroxylation sites is 2. The lowest BCUT2D eigenvalue weighted by atomic mass is 10.1. The van der Waals surface area contributed by atoms with Crippen LogP contribution in [0.3, 0.4) is 0 Å². The van der Waals surface area contributed by atoms with E-state index in [1.54, 1.807) is 55.3 Å². The Kier molecular flexibility index (Phi) is 16.4. The average Bonchev–Trinajstić information content (AvgIpc) is 3.45. The molecule has 0 saturated carbocycles. The van der Waals surface area contributed by atoms with E-state index in [-0.39, 0.29) is 6.04 Å². The highest BCUT2D eigenvalue weighted by molar-refractivity contribution is 5.95. The lowest BCUT2D eigenvalue weighted by Gasteiger charge is -2.20. The molecule has 16 heteroatoms. The number of nitrogens with zero attached hydrogens (tertiary/aromatic N) is 7. The second-order valence-corrected chi connectivity index (χ2v) is 16.1. The number of benzene rings is 7. The van der Waals surface area contributed by atoms with Crippen LogP contribution in [0.4, 0.5) is 28.8 Å². The fourth-order valence-corrected chi connectivity index (χ4v) is 7.79. The molecule has 0 radical (unpaired) electrons. The number of nitrogens with one attached hydrogen (secondary N) is 2. The SMILES string of the molecule is COc1cc2ncnc(N(C)c3ccccc3)c2cc1OC.COc1cc2ncnc(NC(C)c3ccccc3)c2cc1OC.COc1cc2ncnc(Nc3ccc(Oc4ccccc4)cc3)c2cc1OC. The minimum Gasteiger partial charge on any atom is -0.493 e. The van der Waals surface area contributed by atoms with E-state index in [0.717, 1.165) is 67.2 Å². The van der Waals surface area contributed by atoms with Crippen LogP contribution in [0.5, 0.6) is 46.0 Å². The van der Waals surface area contributed by atoms with Gasteiger partial charge in [-0.15, -0.1) is 0 Å². The summed E-state index contributed by atoms with van der Waals surface area (Å²) < 4.78 is 38.0. The normalized spacial score (nSPS) is 11.0. The molecule has 0 bridgehead atoms. The monoisotopic (exact) mass is 977 g/mol. The molecule has 0 amide bonds. The van der Waals surface area contributed by atoms with Gasteiger partial charge in [-0.05, 0) is 79.2 Å². The maximum atomic E-state index is 5.83. The first-order valence-electron chi connectivity index (χ1n) is 23.0. The summed E-state index contributed by atoms with van der Waals surface area (Å²) in [7, 11) is 11.6. The summed E-state index contributed by atoms with van der Waals surface area (Å²) >= 11 is 0. The van der Waals surface area contributed by atoms with Gasteiger partial charge in [-0.3, -0.25) is 0 Å².